The van der Waals surface area contributed by atoms with Gasteiger partial charge in [0, 0.05) is 17.6 Å². The second-order valence-corrected chi connectivity index (χ2v) is 5.95. The second kappa shape index (κ2) is 6.34. The Morgan fingerprint density at radius 1 is 1.63 bits per heavy atom. The van der Waals surface area contributed by atoms with Gasteiger partial charge in [-0.3, -0.25) is 9.78 Å². The number of carbonyl (C=O) groups excluding carboxylic acids is 1. The van der Waals surface area contributed by atoms with Crippen LogP contribution >= 0.6 is 11.8 Å². The van der Waals surface area contributed by atoms with E-state index >= 15 is 0 Å². The van der Waals surface area contributed by atoms with Crippen LogP contribution in [0.25, 0.3) is 0 Å². The number of rotatable bonds is 5. The van der Waals surface area contributed by atoms with Crippen LogP contribution in [0.1, 0.15) is 26.2 Å². The van der Waals surface area contributed by atoms with Crippen molar-refractivity contribution in [3.05, 3.63) is 18.6 Å². The molecule has 19 heavy (non-hydrogen) atoms. The number of nitrogens with one attached hydrogen (secondary N) is 1. The Bertz CT molecular complexity index is 429. The van der Waals surface area contributed by atoms with Crippen molar-refractivity contribution in [1.82, 2.24) is 15.3 Å². The van der Waals surface area contributed by atoms with Gasteiger partial charge in [0.2, 0.25) is 0 Å². The van der Waals surface area contributed by atoms with Crippen LogP contribution < -0.4 is 5.32 Å². The molecule has 0 spiro atoms. The van der Waals surface area contributed by atoms with Crippen LogP contribution in [0, 0.1) is 0 Å². The standard InChI is InChI=1S/C13H19N3O2S/c1-3-16-13(12(17)18-2)5-4-10(8-13)19-11-9-14-6-7-15-11/h6-7,9-10,16H,3-5,8H2,1-2H3. The lowest BCUT2D eigenvalue weighted by atomic mass is 9.98. The number of nitrogens with zero attached hydrogens (tertiary/aromatic N) is 2. The van der Waals surface area contributed by atoms with Crippen molar-refractivity contribution in [2.45, 2.75) is 42.0 Å². The molecule has 1 aliphatic rings. The second-order valence-electron chi connectivity index (χ2n) is 4.63. The Hall–Kier alpha value is -1.14. The zero-order valence-corrected chi connectivity index (χ0v) is 12.1. The first-order chi connectivity index (χ1) is 9.20. The Balaban J connectivity index is 2.02. The number of methoxy groups -OCH3 is 1. The van der Waals surface area contributed by atoms with Gasteiger partial charge < -0.3 is 10.1 Å². The highest BCUT2D eigenvalue weighted by Gasteiger charge is 2.46. The van der Waals surface area contributed by atoms with Crippen LogP contribution in [0.15, 0.2) is 23.6 Å². The molecule has 1 heterocycles. The number of ether oxygens (including phenoxy) is 1. The van der Waals surface area contributed by atoms with Gasteiger partial charge in [0.05, 0.1) is 13.3 Å². The SMILES string of the molecule is CCNC1(C(=O)OC)CCC(Sc2cnccn2)C1. The van der Waals surface area contributed by atoms with Gasteiger partial charge in [0.25, 0.3) is 0 Å². The third-order valence-corrected chi connectivity index (χ3v) is 4.58. The zero-order chi connectivity index (χ0) is 13.7. The van der Waals surface area contributed by atoms with Crippen molar-refractivity contribution in [2.75, 3.05) is 13.7 Å². The lowest BCUT2D eigenvalue weighted by Gasteiger charge is -2.27. The number of hydrogen-bond acceptors (Lipinski definition) is 6. The minimum atomic E-state index is -0.524. The number of hydrogen-bond donors (Lipinski definition) is 1. The highest BCUT2D eigenvalue weighted by Crippen LogP contribution is 2.40. The molecule has 1 aromatic heterocycles. The van der Waals surface area contributed by atoms with Crippen molar-refractivity contribution in [2.24, 2.45) is 0 Å². The average Bonchev–Trinajstić information content (AvgIpc) is 2.84. The molecule has 5 nitrogen and oxygen atoms in total. The minimum Gasteiger partial charge on any atom is -0.468 e. The monoisotopic (exact) mass is 281 g/mol. The maximum absolute atomic E-state index is 12.0. The Morgan fingerprint density at radius 3 is 3.11 bits per heavy atom. The summed E-state index contributed by atoms with van der Waals surface area (Å²) in [6.07, 6.45) is 7.67. The third kappa shape index (κ3) is 3.25. The molecule has 0 aliphatic heterocycles. The summed E-state index contributed by atoms with van der Waals surface area (Å²) in [6.45, 7) is 2.77. The van der Waals surface area contributed by atoms with Crippen molar-refractivity contribution >= 4 is 17.7 Å². The summed E-state index contributed by atoms with van der Waals surface area (Å²) < 4.78 is 4.95. The number of carbonyl (C=O) groups is 1. The fourth-order valence-electron chi connectivity index (χ4n) is 2.57. The molecule has 1 aromatic rings. The molecule has 0 radical (unpaired) electrons. The minimum absolute atomic E-state index is 0.156. The molecule has 0 bridgehead atoms. The molecule has 2 atom stereocenters. The normalized spacial score (nSPS) is 26.3. The van der Waals surface area contributed by atoms with Gasteiger partial charge in [-0.1, -0.05) is 6.92 Å². The van der Waals surface area contributed by atoms with Gasteiger partial charge in [-0.15, -0.1) is 11.8 Å². The summed E-state index contributed by atoms with van der Waals surface area (Å²) in [5, 5.41) is 4.58. The van der Waals surface area contributed by atoms with E-state index < -0.39 is 5.54 Å². The van der Waals surface area contributed by atoms with Crippen LogP contribution in [0.2, 0.25) is 0 Å². The Kier molecular flexibility index (Phi) is 4.76. The van der Waals surface area contributed by atoms with Gasteiger partial charge in [-0.25, -0.2) is 4.98 Å². The van der Waals surface area contributed by atoms with E-state index in [2.05, 4.69) is 15.3 Å². The number of thioether (sulfide) groups is 1. The van der Waals surface area contributed by atoms with Crippen molar-refractivity contribution in [3.8, 4) is 0 Å². The van der Waals surface area contributed by atoms with E-state index in [9.17, 15) is 4.79 Å². The summed E-state index contributed by atoms with van der Waals surface area (Å²) >= 11 is 1.69. The molecule has 0 aromatic carbocycles. The van der Waals surface area contributed by atoms with Crippen molar-refractivity contribution < 1.29 is 9.53 Å². The molecule has 6 heteroatoms. The Labute approximate surface area is 117 Å². The van der Waals surface area contributed by atoms with Gasteiger partial charge in [-0.2, -0.15) is 0 Å². The van der Waals surface area contributed by atoms with E-state index in [0.29, 0.717) is 5.25 Å². The molecule has 2 rings (SSSR count). The Morgan fingerprint density at radius 2 is 2.47 bits per heavy atom. The first-order valence-corrected chi connectivity index (χ1v) is 7.34. The molecule has 104 valence electrons. The van der Waals surface area contributed by atoms with E-state index in [0.717, 1.165) is 30.8 Å². The van der Waals surface area contributed by atoms with E-state index in [1.54, 1.807) is 30.4 Å². The maximum atomic E-state index is 12.0. The van der Waals surface area contributed by atoms with Gasteiger partial charge in [-0.05, 0) is 25.8 Å². The fraction of sp³-hybridized carbons (Fsp3) is 0.615. The van der Waals surface area contributed by atoms with Crippen LogP contribution in [0.5, 0.6) is 0 Å². The van der Waals surface area contributed by atoms with Gasteiger partial charge >= 0.3 is 5.97 Å². The highest BCUT2D eigenvalue weighted by molar-refractivity contribution is 7.99. The van der Waals surface area contributed by atoms with E-state index in [1.807, 2.05) is 6.92 Å². The van der Waals surface area contributed by atoms with Crippen molar-refractivity contribution in [1.29, 1.82) is 0 Å². The molecule has 0 saturated heterocycles. The number of likely N-dealkylation sites (N-methyl/N-ethyl adjacent to an activating group) is 1. The van der Waals surface area contributed by atoms with Gasteiger partial charge in [0.15, 0.2) is 0 Å². The summed E-state index contributed by atoms with van der Waals surface area (Å²) in [5.74, 6) is -0.156. The van der Waals surface area contributed by atoms with Gasteiger partial charge in [0.1, 0.15) is 10.6 Å². The topological polar surface area (TPSA) is 64.1 Å². The maximum Gasteiger partial charge on any atom is 0.326 e. The summed E-state index contributed by atoms with van der Waals surface area (Å²) in [5.41, 5.74) is -0.524. The number of aromatic nitrogens is 2. The van der Waals surface area contributed by atoms with E-state index in [1.165, 1.54) is 7.11 Å². The summed E-state index contributed by atoms with van der Waals surface area (Å²) in [7, 11) is 1.45. The van der Waals surface area contributed by atoms with E-state index in [-0.39, 0.29) is 5.97 Å². The first-order valence-electron chi connectivity index (χ1n) is 6.46. The molecule has 0 amide bonds. The molecule has 1 fully saturated rings. The van der Waals surface area contributed by atoms with Crippen LogP contribution in [0.4, 0.5) is 0 Å². The smallest absolute Gasteiger partial charge is 0.326 e. The fourth-order valence-corrected chi connectivity index (χ4v) is 3.76. The quantitative estimate of drug-likeness (QED) is 0.828. The highest BCUT2D eigenvalue weighted by atomic mass is 32.2. The third-order valence-electron chi connectivity index (χ3n) is 3.39. The zero-order valence-electron chi connectivity index (χ0n) is 11.3. The first kappa shape index (κ1) is 14.3. The average molecular weight is 281 g/mol. The van der Waals surface area contributed by atoms with Crippen LogP contribution in [-0.2, 0) is 9.53 Å². The van der Waals surface area contributed by atoms with Crippen molar-refractivity contribution in [3.63, 3.8) is 0 Å². The predicted molar refractivity (Wildman–Crippen MR) is 74.0 cm³/mol. The molecule has 1 aliphatic carbocycles. The molecule has 2 unspecified atom stereocenters. The van der Waals surface area contributed by atoms with E-state index in [4.69, 9.17) is 4.74 Å². The van der Waals surface area contributed by atoms with Crippen LogP contribution in [-0.4, -0.2) is 40.4 Å². The predicted octanol–water partition coefficient (Wildman–Crippen LogP) is 1.64. The molecular weight excluding hydrogens is 262 g/mol. The molecule has 1 saturated carbocycles. The lowest BCUT2D eigenvalue weighted by molar-refractivity contribution is -0.148. The summed E-state index contributed by atoms with van der Waals surface area (Å²) in [6, 6.07) is 0. The molecule has 1 N–H and O–H groups in total. The molecular formula is C13H19N3O2S. The largest absolute Gasteiger partial charge is 0.468 e. The lowest BCUT2D eigenvalue weighted by Crippen LogP contribution is -2.50. The number of esters is 1. The summed E-state index contributed by atoms with van der Waals surface area (Å²) in [4.78, 5) is 20.3. The van der Waals surface area contributed by atoms with Crippen LogP contribution in [0.3, 0.4) is 0 Å².